The molecular formula is C31H40F2N4O3S. The van der Waals surface area contributed by atoms with Crippen molar-refractivity contribution in [3.63, 3.8) is 0 Å². The van der Waals surface area contributed by atoms with Gasteiger partial charge in [-0.3, -0.25) is 4.57 Å². The lowest BCUT2D eigenvalue weighted by Gasteiger charge is -2.30. The Balaban J connectivity index is 1.00. The van der Waals surface area contributed by atoms with Crippen LogP contribution in [-0.4, -0.2) is 58.0 Å². The van der Waals surface area contributed by atoms with Crippen LogP contribution in [0.3, 0.4) is 0 Å². The van der Waals surface area contributed by atoms with Gasteiger partial charge >= 0.3 is 0 Å². The fraction of sp³-hybridized carbons (Fsp3) is 0.645. The lowest BCUT2D eigenvalue weighted by atomic mass is 9.82. The third-order valence-corrected chi connectivity index (χ3v) is 9.61. The molecule has 1 aromatic carbocycles. The zero-order valence-electron chi connectivity index (χ0n) is 23.8. The second-order valence-corrected chi connectivity index (χ2v) is 12.5. The number of halogens is 2. The van der Waals surface area contributed by atoms with E-state index in [1.165, 1.54) is 42.0 Å². The molecule has 1 saturated heterocycles. The van der Waals surface area contributed by atoms with E-state index in [1.807, 2.05) is 30.5 Å². The van der Waals surface area contributed by atoms with Crippen molar-refractivity contribution < 1.29 is 23.0 Å². The number of para-hydroxylation sites is 2. The molecule has 0 amide bonds. The molecule has 222 valence electrons. The maximum atomic E-state index is 13.9. The average Bonchev–Trinajstić information content (AvgIpc) is 3.51. The highest BCUT2D eigenvalue weighted by atomic mass is 32.2. The van der Waals surface area contributed by atoms with E-state index in [0.29, 0.717) is 46.1 Å². The zero-order valence-corrected chi connectivity index (χ0v) is 24.6. The standard InChI is InChI=1S/C31H40F2N4O3S/c1-41-30-34-22(19-26(36-30)37-25-8-3-2-7-24(25)35-29(37)28(32)33)11-10-21-20-31(21)14-12-23(13-15-31)38-17-6-18-40-27-9-4-5-16-39-27/h2-3,7-8,19,21,23,27-28H,4-6,9-18,20H2,1H3. The summed E-state index contributed by atoms with van der Waals surface area (Å²) in [7, 11) is 0. The van der Waals surface area contributed by atoms with Crippen LogP contribution in [0.25, 0.3) is 16.9 Å². The molecule has 2 saturated carbocycles. The number of aromatic nitrogens is 4. The largest absolute Gasteiger partial charge is 0.378 e. The van der Waals surface area contributed by atoms with Crippen LogP contribution in [0.5, 0.6) is 0 Å². The number of benzene rings is 1. The van der Waals surface area contributed by atoms with Crippen LogP contribution < -0.4 is 0 Å². The van der Waals surface area contributed by atoms with E-state index in [0.717, 1.165) is 63.9 Å². The SMILES string of the molecule is CSc1nc(CCC2CC23CCC(OCCCOC2CCCCO2)CC3)cc(-n2c(C(F)F)nc3ccccc32)n1. The molecule has 10 heteroatoms. The minimum Gasteiger partial charge on any atom is -0.378 e. The molecule has 7 nitrogen and oxygen atoms in total. The topological polar surface area (TPSA) is 71.3 Å². The minimum atomic E-state index is -2.70. The van der Waals surface area contributed by atoms with E-state index in [1.54, 1.807) is 6.07 Å². The van der Waals surface area contributed by atoms with Gasteiger partial charge in [-0.2, -0.15) is 0 Å². The number of hydrogen-bond donors (Lipinski definition) is 0. The van der Waals surface area contributed by atoms with Gasteiger partial charge in [0.2, 0.25) is 0 Å². The van der Waals surface area contributed by atoms with Crippen LogP contribution in [0.1, 0.15) is 82.2 Å². The van der Waals surface area contributed by atoms with Gasteiger partial charge in [-0.05, 0) is 100 Å². The third-order valence-electron chi connectivity index (χ3n) is 9.06. The summed E-state index contributed by atoms with van der Waals surface area (Å²) in [4.78, 5) is 13.5. The summed E-state index contributed by atoms with van der Waals surface area (Å²) in [5, 5.41) is 0.593. The highest BCUT2D eigenvalue weighted by Crippen LogP contribution is 2.63. The highest BCUT2D eigenvalue weighted by Gasteiger charge is 2.54. The number of fused-ring (bicyclic) bond motifs is 1. The molecule has 1 aliphatic heterocycles. The third kappa shape index (κ3) is 6.76. The molecule has 3 aromatic rings. The molecular weight excluding hydrogens is 546 g/mol. The molecule has 0 bridgehead atoms. The second kappa shape index (κ2) is 13.0. The van der Waals surface area contributed by atoms with Crippen molar-refractivity contribution in [1.82, 2.24) is 19.5 Å². The Morgan fingerprint density at radius 3 is 2.68 bits per heavy atom. The van der Waals surface area contributed by atoms with Gasteiger partial charge in [0, 0.05) is 25.0 Å². The normalized spacial score (nSPS) is 26.3. The fourth-order valence-corrected chi connectivity index (χ4v) is 7.09. The molecule has 6 rings (SSSR count). The summed E-state index contributed by atoms with van der Waals surface area (Å²) in [6.45, 7) is 2.27. The van der Waals surface area contributed by atoms with Gasteiger partial charge < -0.3 is 14.2 Å². The van der Waals surface area contributed by atoms with Gasteiger partial charge in [0.25, 0.3) is 6.43 Å². The van der Waals surface area contributed by atoms with Gasteiger partial charge in [-0.25, -0.2) is 23.7 Å². The molecule has 2 unspecified atom stereocenters. The van der Waals surface area contributed by atoms with Gasteiger partial charge in [0.15, 0.2) is 17.3 Å². The number of aryl methyl sites for hydroxylation is 1. The van der Waals surface area contributed by atoms with Crippen LogP contribution in [0.4, 0.5) is 8.78 Å². The van der Waals surface area contributed by atoms with Crippen molar-refractivity contribution in [3.8, 4) is 5.82 Å². The van der Waals surface area contributed by atoms with Crippen LogP contribution >= 0.6 is 11.8 Å². The number of rotatable bonds is 12. The van der Waals surface area contributed by atoms with Crippen LogP contribution in [0.15, 0.2) is 35.5 Å². The van der Waals surface area contributed by atoms with Crippen LogP contribution in [-0.2, 0) is 20.6 Å². The summed E-state index contributed by atoms with van der Waals surface area (Å²) < 4.78 is 47.0. The van der Waals surface area contributed by atoms with Crippen molar-refractivity contribution in [2.75, 3.05) is 26.1 Å². The number of hydrogen-bond acceptors (Lipinski definition) is 7. The molecule has 2 aliphatic carbocycles. The van der Waals surface area contributed by atoms with Crippen molar-refractivity contribution in [1.29, 1.82) is 0 Å². The maximum Gasteiger partial charge on any atom is 0.296 e. The fourth-order valence-electron chi connectivity index (χ4n) is 6.70. The molecule has 2 aromatic heterocycles. The van der Waals surface area contributed by atoms with Crippen molar-refractivity contribution in [3.05, 3.63) is 41.9 Å². The molecule has 1 spiro atoms. The molecule has 41 heavy (non-hydrogen) atoms. The van der Waals surface area contributed by atoms with Gasteiger partial charge in [-0.15, -0.1) is 0 Å². The van der Waals surface area contributed by atoms with Crippen LogP contribution in [0.2, 0.25) is 0 Å². The Bertz CT molecular complexity index is 1310. The van der Waals surface area contributed by atoms with E-state index in [4.69, 9.17) is 19.2 Å². The minimum absolute atomic E-state index is 0.0211. The quantitative estimate of drug-likeness (QED) is 0.125. The smallest absolute Gasteiger partial charge is 0.296 e. The average molecular weight is 587 g/mol. The molecule has 0 N–H and O–H groups in total. The zero-order chi connectivity index (χ0) is 28.2. The number of imidazole rings is 1. The van der Waals surface area contributed by atoms with Crippen molar-refractivity contribution in [2.45, 2.75) is 94.6 Å². The second-order valence-electron chi connectivity index (χ2n) is 11.7. The first-order valence-electron chi connectivity index (χ1n) is 15.1. The summed E-state index contributed by atoms with van der Waals surface area (Å²) in [6.07, 6.45) is 11.6. The number of nitrogens with zero attached hydrogens (tertiary/aromatic N) is 4. The molecule has 0 radical (unpaired) electrons. The Kier molecular flexibility index (Phi) is 9.19. The predicted octanol–water partition coefficient (Wildman–Crippen LogP) is 7.31. The summed E-state index contributed by atoms with van der Waals surface area (Å²) in [6, 6.07) is 9.07. The van der Waals surface area contributed by atoms with Gasteiger partial charge in [0.05, 0.1) is 23.7 Å². The molecule has 3 heterocycles. The first-order valence-corrected chi connectivity index (χ1v) is 16.3. The van der Waals surface area contributed by atoms with E-state index in [2.05, 4.69) is 9.97 Å². The summed E-state index contributed by atoms with van der Waals surface area (Å²) in [5.41, 5.74) is 2.52. The van der Waals surface area contributed by atoms with Crippen LogP contribution in [0, 0.1) is 11.3 Å². The van der Waals surface area contributed by atoms with E-state index in [9.17, 15) is 8.78 Å². The Hall–Kier alpha value is -2.14. The number of alkyl halides is 2. The Morgan fingerprint density at radius 1 is 1.07 bits per heavy atom. The molecule has 2 atom stereocenters. The van der Waals surface area contributed by atoms with Gasteiger partial charge in [-0.1, -0.05) is 23.9 Å². The highest BCUT2D eigenvalue weighted by molar-refractivity contribution is 7.98. The first-order chi connectivity index (χ1) is 20.0. The monoisotopic (exact) mass is 586 g/mol. The molecule has 3 fully saturated rings. The first kappa shape index (κ1) is 29.0. The van der Waals surface area contributed by atoms with E-state index in [-0.39, 0.29) is 12.1 Å². The van der Waals surface area contributed by atoms with Crippen molar-refractivity contribution in [2.24, 2.45) is 11.3 Å². The maximum absolute atomic E-state index is 13.9. The van der Waals surface area contributed by atoms with Gasteiger partial charge in [0.1, 0.15) is 5.82 Å². The Labute approximate surface area is 244 Å². The van der Waals surface area contributed by atoms with E-state index < -0.39 is 6.43 Å². The lowest BCUT2D eigenvalue weighted by Crippen LogP contribution is -2.25. The summed E-state index contributed by atoms with van der Waals surface area (Å²) in [5.74, 6) is 0.867. The number of thioether (sulfide) groups is 1. The summed E-state index contributed by atoms with van der Waals surface area (Å²) >= 11 is 1.43. The lowest BCUT2D eigenvalue weighted by molar-refractivity contribution is -0.164. The Morgan fingerprint density at radius 2 is 1.90 bits per heavy atom. The van der Waals surface area contributed by atoms with Crippen molar-refractivity contribution >= 4 is 22.8 Å². The molecule has 3 aliphatic rings. The van der Waals surface area contributed by atoms with E-state index >= 15 is 0 Å². The predicted molar refractivity (Wildman–Crippen MR) is 155 cm³/mol. The number of ether oxygens (including phenoxy) is 3.